The van der Waals surface area contributed by atoms with Crippen LogP contribution in [0.25, 0.3) is 0 Å². The highest BCUT2D eigenvalue weighted by atomic mass is 32.2. The molecule has 5 nitrogen and oxygen atoms in total. The summed E-state index contributed by atoms with van der Waals surface area (Å²) < 4.78 is 39.2. The van der Waals surface area contributed by atoms with Crippen molar-refractivity contribution in [2.24, 2.45) is 0 Å². The minimum absolute atomic E-state index is 0.148. The van der Waals surface area contributed by atoms with Gasteiger partial charge in [0.05, 0.1) is 11.7 Å². The van der Waals surface area contributed by atoms with Crippen LogP contribution in [0.3, 0.4) is 0 Å². The molecule has 1 aromatic rings. The summed E-state index contributed by atoms with van der Waals surface area (Å²) >= 11 is 0. The Labute approximate surface area is 130 Å². The van der Waals surface area contributed by atoms with Gasteiger partial charge in [0.1, 0.15) is 5.82 Å². The van der Waals surface area contributed by atoms with Gasteiger partial charge in [0, 0.05) is 13.1 Å². The van der Waals surface area contributed by atoms with Gasteiger partial charge in [-0.3, -0.25) is 4.79 Å². The van der Waals surface area contributed by atoms with Crippen molar-refractivity contribution >= 4 is 15.9 Å². The highest BCUT2D eigenvalue weighted by Gasteiger charge is 2.27. The Morgan fingerprint density at radius 2 is 1.77 bits per heavy atom. The van der Waals surface area contributed by atoms with Crippen LogP contribution >= 0.6 is 0 Å². The maximum atomic E-state index is 12.7. The lowest BCUT2D eigenvalue weighted by Crippen LogP contribution is -2.38. The molecule has 1 amide bonds. The van der Waals surface area contributed by atoms with E-state index in [-0.39, 0.29) is 36.5 Å². The molecule has 0 aliphatic heterocycles. The number of carbonyl (C=O) groups excluding carboxylic acids is 1. The molecule has 22 heavy (non-hydrogen) atoms. The van der Waals surface area contributed by atoms with Gasteiger partial charge < -0.3 is 5.32 Å². The highest BCUT2D eigenvalue weighted by Crippen LogP contribution is 2.23. The molecule has 1 aliphatic rings. The number of sulfonamides is 1. The first-order chi connectivity index (χ1) is 10.5. The van der Waals surface area contributed by atoms with Gasteiger partial charge in [0.25, 0.3) is 0 Å². The molecule has 1 aliphatic carbocycles. The van der Waals surface area contributed by atoms with Crippen molar-refractivity contribution in [1.29, 1.82) is 0 Å². The molecule has 0 unspecified atom stereocenters. The molecule has 0 saturated heterocycles. The van der Waals surface area contributed by atoms with Crippen molar-refractivity contribution in [2.45, 2.75) is 37.4 Å². The summed E-state index contributed by atoms with van der Waals surface area (Å²) in [7, 11) is -3.26. The number of hydrogen-bond donors (Lipinski definition) is 2. The molecule has 1 saturated carbocycles. The van der Waals surface area contributed by atoms with Crippen LogP contribution in [0.15, 0.2) is 24.3 Å². The molecular weight excluding hydrogens is 307 g/mol. The van der Waals surface area contributed by atoms with E-state index in [1.165, 1.54) is 12.1 Å². The summed E-state index contributed by atoms with van der Waals surface area (Å²) in [6.07, 6.45) is 3.49. The molecule has 2 rings (SSSR count). The Balaban J connectivity index is 1.67. The second-order valence-electron chi connectivity index (χ2n) is 5.50. The molecule has 0 atom stereocenters. The van der Waals surface area contributed by atoms with E-state index in [0.29, 0.717) is 18.4 Å². The summed E-state index contributed by atoms with van der Waals surface area (Å²) in [6, 6.07) is 5.71. The largest absolute Gasteiger partial charge is 0.355 e. The van der Waals surface area contributed by atoms with Gasteiger partial charge >= 0.3 is 0 Å². The first-order valence-corrected chi connectivity index (χ1v) is 9.01. The Morgan fingerprint density at radius 3 is 2.41 bits per heavy atom. The van der Waals surface area contributed by atoms with E-state index >= 15 is 0 Å². The Hall–Kier alpha value is -1.47. The van der Waals surface area contributed by atoms with Gasteiger partial charge in [-0.05, 0) is 30.5 Å². The molecule has 0 spiro atoms. The maximum Gasteiger partial charge on any atom is 0.224 e. The highest BCUT2D eigenvalue weighted by molar-refractivity contribution is 7.90. The van der Waals surface area contributed by atoms with E-state index in [4.69, 9.17) is 0 Å². The SMILES string of the molecule is O=C(Cc1ccc(F)cc1)NCCNS(=O)(=O)C1CCCC1. The van der Waals surface area contributed by atoms with Gasteiger partial charge in [-0.15, -0.1) is 0 Å². The summed E-state index contributed by atoms with van der Waals surface area (Å²) in [5, 5.41) is 2.36. The van der Waals surface area contributed by atoms with Gasteiger partial charge in [-0.2, -0.15) is 0 Å². The van der Waals surface area contributed by atoms with Crippen molar-refractivity contribution in [3.05, 3.63) is 35.6 Å². The number of carbonyl (C=O) groups is 1. The third-order valence-electron chi connectivity index (χ3n) is 3.77. The van der Waals surface area contributed by atoms with Gasteiger partial charge in [-0.25, -0.2) is 17.5 Å². The molecule has 1 fully saturated rings. The standard InChI is InChI=1S/C15H21FN2O3S/c16-13-7-5-12(6-8-13)11-15(19)17-9-10-18-22(20,21)14-3-1-2-4-14/h5-8,14,18H,1-4,9-11H2,(H,17,19). The zero-order chi connectivity index (χ0) is 16.0. The minimum atomic E-state index is -3.26. The number of halogens is 1. The first kappa shape index (κ1) is 16.9. The fraction of sp³-hybridized carbons (Fsp3) is 0.533. The number of rotatable bonds is 7. The lowest BCUT2D eigenvalue weighted by Gasteiger charge is -2.12. The Kier molecular flexibility index (Phi) is 5.90. The number of nitrogens with one attached hydrogen (secondary N) is 2. The van der Waals surface area contributed by atoms with Crippen LogP contribution in [0.2, 0.25) is 0 Å². The van der Waals surface area contributed by atoms with Crippen molar-refractivity contribution in [3.63, 3.8) is 0 Å². The van der Waals surface area contributed by atoms with Crippen LogP contribution in [0.5, 0.6) is 0 Å². The zero-order valence-corrected chi connectivity index (χ0v) is 13.2. The van der Waals surface area contributed by atoms with Crippen LogP contribution in [0.4, 0.5) is 4.39 Å². The van der Waals surface area contributed by atoms with E-state index in [1.54, 1.807) is 12.1 Å². The first-order valence-electron chi connectivity index (χ1n) is 7.47. The average Bonchev–Trinajstić information content (AvgIpc) is 3.01. The maximum absolute atomic E-state index is 12.7. The second-order valence-corrected chi connectivity index (χ2v) is 7.54. The average molecular weight is 328 g/mol. The Morgan fingerprint density at radius 1 is 1.14 bits per heavy atom. The molecule has 0 heterocycles. The summed E-state index contributed by atoms with van der Waals surface area (Å²) in [6.45, 7) is 0.431. The van der Waals surface area contributed by atoms with Crippen LogP contribution < -0.4 is 10.0 Å². The molecule has 7 heteroatoms. The quantitative estimate of drug-likeness (QED) is 0.742. The van der Waals surface area contributed by atoms with Gasteiger partial charge in [0.15, 0.2) is 0 Å². The van der Waals surface area contributed by atoms with E-state index in [9.17, 15) is 17.6 Å². The number of hydrogen-bond acceptors (Lipinski definition) is 3. The van der Waals surface area contributed by atoms with Crippen LogP contribution in [0.1, 0.15) is 31.2 Å². The predicted molar refractivity (Wildman–Crippen MR) is 82.3 cm³/mol. The lowest BCUT2D eigenvalue weighted by atomic mass is 10.1. The number of benzene rings is 1. The van der Waals surface area contributed by atoms with Gasteiger partial charge in [0.2, 0.25) is 15.9 Å². The summed E-state index contributed by atoms with van der Waals surface area (Å²) in [5.74, 6) is -0.558. The monoisotopic (exact) mass is 328 g/mol. The molecule has 0 bridgehead atoms. The molecular formula is C15H21FN2O3S. The van der Waals surface area contributed by atoms with Crippen molar-refractivity contribution < 1.29 is 17.6 Å². The van der Waals surface area contributed by atoms with Crippen molar-refractivity contribution in [3.8, 4) is 0 Å². The summed E-state index contributed by atoms with van der Waals surface area (Å²) in [5.41, 5.74) is 0.713. The second kappa shape index (κ2) is 7.69. The van der Waals surface area contributed by atoms with Crippen LogP contribution in [-0.2, 0) is 21.2 Å². The lowest BCUT2D eigenvalue weighted by molar-refractivity contribution is -0.120. The van der Waals surface area contributed by atoms with E-state index < -0.39 is 10.0 Å². The molecule has 0 aromatic heterocycles. The van der Waals surface area contributed by atoms with Crippen LogP contribution in [-0.4, -0.2) is 32.7 Å². The third kappa shape index (κ3) is 5.06. The van der Waals surface area contributed by atoms with E-state index in [0.717, 1.165) is 12.8 Å². The van der Waals surface area contributed by atoms with Gasteiger partial charge in [-0.1, -0.05) is 25.0 Å². The molecule has 122 valence electrons. The van der Waals surface area contributed by atoms with E-state index in [1.807, 2.05) is 0 Å². The number of amides is 1. The summed E-state index contributed by atoms with van der Waals surface area (Å²) in [4.78, 5) is 11.7. The van der Waals surface area contributed by atoms with E-state index in [2.05, 4.69) is 10.0 Å². The predicted octanol–water partition coefficient (Wildman–Crippen LogP) is 1.35. The van der Waals surface area contributed by atoms with Crippen molar-refractivity contribution in [2.75, 3.05) is 13.1 Å². The topological polar surface area (TPSA) is 75.3 Å². The Bertz CT molecular complexity index is 596. The molecule has 0 radical (unpaired) electrons. The molecule has 1 aromatic carbocycles. The fourth-order valence-electron chi connectivity index (χ4n) is 2.56. The zero-order valence-electron chi connectivity index (χ0n) is 12.3. The minimum Gasteiger partial charge on any atom is -0.355 e. The van der Waals surface area contributed by atoms with Crippen LogP contribution in [0, 0.1) is 5.82 Å². The smallest absolute Gasteiger partial charge is 0.224 e. The van der Waals surface area contributed by atoms with Crippen molar-refractivity contribution in [1.82, 2.24) is 10.0 Å². The normalized spacial score (nSPS) is 15.9. The third-order valence-corrected chi connectivity index (χ3v) is 5.72. The fourth-order valence-corrected chi connectivity index (χ4v) is 4.14. The molecule has 2 N–H and O–H groups in total.